The highest BCUT2D eigenvalue weighted by molar-refractivity contribution is 8.00. The number of hydrogen-bond acceptors (Lipinski definition) is 4. The van der Waals surface area contributed by atoms with Gasteiger partial charge in [0.15, 0.2) is 5.16 Å². The van der Waals surface area contributed by atoms with E-state index in [9.17, 15) is 9.59 Å². The van der Waals surface area contributed by atoms with Gasteiger partial charge in [-0.2, -0.15) is 0 Å². The molecule has 0 bridgehead atoms. The van der Waals surface area contributed by atoms with Gasteiger partial charge >= 0.3 is 0 Å². The molecule has 2 aromatic rings. The van der Waals surface area contributed by atoms with Gasteiger partial charge in [0, 0.05) is 23.0 Å². The lowest BCUT2D eigenvalue weighted by atomic mass is 10.2. The van der Waals surface area contributed by atoms with Gasteiger partial charge in [0.2, 0.25) is 5.91 Å². The number of anilines is 1. The predicted octanol–water partition coefficient (Wildman–Crippen LogP) is 2.85. The van der Waals surface area contributed by atoms with Crippen molar-refractivity contribution in [3.8, 4) is 0 Å². The molecular formula is C14H14ClN3O2S. The summed E-state index contributed by atoms with van der Waals surface area (Å²) in [5.74, 6) is -0.183. The minimum Gasteiger partial charge on any atom is -0.325 e. The highest BCUT2D eigenvalue weighted by Crippen LogP contribution is 2.25. The molecule has 0 aliphatic rings. The summed E-state index contributed by atoms with van der Waals surface area (Å²) in [6.45, 7) is 3.58. The second-order valence-corrected chi connectivity index (χ2v) is 6.14. The molecule has 1 heterocycles. The third-order valence-corrected chi connectivity index (χ3v) is 4.24. The molecule has 0 saturated heterocycles. The van der Waals surface area contributed by atoms with Crippen molar-refractivity contribution >= 4 is 35.0 Å². The third kappa shape index (κ3) is 4.09. The van der Waals surface area contributed by atoms with Crippen LogP contribution in [0.4, 0.5) is 5.69 Å². The summed E-state index contributed by atoms with van der Waals surface area (Å²) in [7, 11) is 0. The number of carbonyl (C=O) groups is 1. The van der Waals surface area contributed by atoms with Crippen LogP contribution in [0.25, 0.3) is 0 Å². The Bertz CT molecular complexity index is 717. The lowest BCUT2D eigenvalue weighted by molar-refractivity contribution is -0.115. The Labute approximate surface area is 131 Å². The van der Waals surface area contributed by atoms with Crippen LogP contribution in [0.5, 0.6) is 0 Å². The van der Waals surface area contributed by atoms with Crippen LogP contribution < -0.4 is 10.9 Å². The van der Waals surface area contributed by atoms with E-state index in [2.05, 4.69) is 15.3 Å². The number of carbonyl (C=O) groups excluding carboxylic acids is 1. The van der Waals surface area contributed by atoms with Crippen molar-refractivity contribution < 1.29 is 4.79 Å². The number of thioether (sulfide) groups is 1. The number of rotatable bonds is 4. The van der Waals surface area contributed by atoms with Gasteiger partial charge in [-0.1, -0.05) is 29.4 Å². The largest absolute Gasteiger partial charge is 0.325 e. The van der Waals surface area contributed by atoms with Crippen LogP contribution in [0.3, 0.4) is 0 Å². The van der Waals surface area contributed by atoms with Gasteiger partial charge in [-0.05, 0) is 31.5 Å². The van der Waals surface area contributed by atoms with Crippen molar-refractivity contribution in [2.75, 3.05) is 5.32 Å². The molecule has 110 valence electrons. The second kappa shape index (κ2) is 6.78. The zero-order chi connectivity index (χ0) is 15.4. The maximum absolute atomic E-state index is 12.2. The molecule has 1 amide bonds. The maximum Gasteiger partial charge on any atom is 0.251 e. The van der Waals surface area contributed by atoms with Crippen LogP contribution in [0.1, 0.15) is 12.5 Å². The van der Waals surface area contributed by atoms with Crippen molar-refractivity contribution in [3.05, 3.63) is 51.4 Å². The maximum atomic E-state index is 12.2. The first kappa shape index (κ1) is 15.6. The summed E-state index contributed by atoms with van der Waals surface area (Å²) in [4.78, 5) is 29.9. The van der Waals surface area contributed by atoms with Crippen LogP contribution in [0, 0.1) is 6.92 Å². The number of nitrogens with zero attached hydrogens (tertiary/aromatic N) is 1. The molecule has 0 aliphatic heterocycles. The predicted molar refractivity (Wildman–Crippen MR) is 85.0 cm³/mol. The van der Waals surface area contributed by atoms with E-state index in [0.29, 0.717) is 15.9 Å². The molecule has 1 unspecified atom stereocenters. The molecule has 5 nitrogen and oxygen atoms in total. The average Bonchev–Trinajstić information content (AvgIpc) is 2.44. The molecule has 0 spiro atoms. The fraction of sp³-hybridized carbons (Fsp3) is 0.214. The van der Waals surface area contributed by atoms with E-state index in [-0.39, 0.29) is 11.5 Å². The number of benzene rings is 1. The molecular weight excluding hydrogens is 310 g/mol. The monoisotopic (exact) mass is 323 g/mol. The molecule has 0 aliphatic carbocycles. The zero-order valence-electron chi connectivity index (χ0n) is 11.5. The van der Waals surface area contributed by atoms with E-state index < -0.39 is 5.25 Å². The fourth-order valence-electron chi connectivity index (χ4n) is 1.61. The van der Waals surface area contributed by atoms with Crippen LogP contribution in [0.15, 0.2) is 40.4 Å². The number of H-pyrrole nitrogens is 1. The topological polar surface area (TPSA) is 74.8 Å². The first-order valence-corrected chi connectivity index (χ1v) is 7.51. The molecule has 1 aromatic heterocycles. The van der Waals surface area contributed by atoms with Crippen molar-refractivity contribution in [3.63, 3.8) is 0 Å². The van der Waals surface area contributed by atoms with Gasteiger partial charge in [0.1, 0.15) is 0 Å². The van der Waals surface area contributed by atoms with Crippen molar-refractivity contribution in [2.24, 2.45) is 0 Å². The van der Waals surface area contributed by atoms with Crippen LogP contribution in [-0.4, -0.2) is 21.1 Å². The highest BCUT2D eigenvalue weighted by atomic mass is 35.5. The molecule has 0 saturated carbocycles. The standard InChI is InChI=1S/C14H14ClN3O2S/c1-8-10(15)4-3-5-11(8)17-13(20)9(2)21-14-16-7-6-12(19)18-14/h3-7,9H,1-2H3,(H,17,20)(H,16,18,19). The Morgan fingerprint density at radius 1 is 1.43 bits per heavy atom. The Morgan fingerprint density at radius 2 is 2.19 bits per heavy atom. The Kier molecular flexibility index (Phi) is 5.03. The number of amides is 1. The van der Waals surface area contributed by atoms with E-state index in [4.69, 9.17) is 11.6 Å². The van der Waals surface area contributed by atoms with Crippen molar-refractivity contribution in [1.82, 2.24) is 9.97 Å². The number of halogens is 1. The molecule has 0 radical (unpaired) electrons. The van der Waals surface area contributed by atoms with Gasteiger partial charge in [-0.25, -0.2) is 4.98 Å². The Hall–Kier alpha value is -1.79. The minimum absolute atomic E-state index is 0.183. The lowest BCUT2D eigenvalue weighted by Gasteiger charge is -2.13. The SMILES string of the molecule is Cc1c(Cl)cccc1NC(=O)C(C)Sc1nccc(=O)[nH]1. The summed E-state index contributed by atoms with van der Waals surface area (Å²) in [5.41, 5.74) is 1.25. The summed E-state index contributed by atoms with van der Waals surface area (Å²) in [6.07, 6.45) is 1.41. The first-order valence-electron chi connectivity index (χ1n) is 6.25. The molecule has 1 aromatic carbocycles. The van der Waals surface area contributed by atoms with Crippen LogP contribution in [0.2, 0.25) is 5.02 Å². The number of aromatic nitrogens is 2. The molecule has 21 heavy (non-hydrogen) atoms. The summed E-state index contributed by atoms with van der Waals surface area (Å²) < 4.78 is 0. The van der Waals surface area contributed by atoms with E-state index in [1.165, 1.54) is 24.0 Å². The quantitative estimate of drug-likeness (QED) is 0.670. The number of aromatic amines is 1. The van der Waals surface area contributed by atoms with Gasteiger partial charge in [-0.15, -0.1) is 0 Å². The Balaban J connectivity index is 2.06. The smallest absolute Gasteiger partial charge is 0.251 e. The minimum atomic E-state index is -0.408. The highest BCUT2D eigenvalue weighted by Gasteiger charge is 2.16. The number of hydrogen-bond donors (Lipinski definition) is 2. The molecule has 2 rings (SSSR count). The van der Waals surface area contributed by atoms with Gasteiger partial charge in [-0.3, -0.25) is 9.59 Å². The normalized spacial score (nSPS) is 12.0. The average molecular weight is 324 g/mol. The van der Waals surface area contributed by atoms with E-state index in [1.807, 2.05) is 6.92 Å². The second-order valence-electron chi connectivity index (χ2n) is 4.40. The molecule has 7 heteroatoms. The summed E-state index contributed by atoms with van der Waals surface area (Å²) in [6, 6.07) is 6.66. The third-order valence-electron chi connectivity index (χ3n) is 2.83. The Morgan fingerprint density at radius 3 is 2.90 bits per heavy atom. The number of nitrogens with one attached hydrogen (secondary N) is 2. The lowest BCUT2D eigenvalue weighted by Crippen LogP contribution is -2.23. The van der Waals surface area contributed by atoms with Crippen LogP contribution in [-0.2, 0) is 4.79 Å². The van der Waals surface area contributed by atoms with Crippen molar-refractivity contribution in [1.29, 1.82) is 0 Å². The van der Waals surface area contributed by atoms with E-state index in [0.717, 1.165) is 5.56 Å². The zero-order valence-corrected chi connectivity index (χ0v) is 13.1. The summed E-state index contributed by atoms with van der Waals surface area (Å²) in [5, 5.41) is 3.42. The van der Waals surface area contributed by atoms with E-state index >= 15 is 0 Å². The van der Waals surface area contributed by atoms with E-state index in [1.54, 1.807) is 25.1 Å². The van der Waals surface area contributed by atoms with Gasteiger partial charge < -0.3 is 10.3 Å². The van der Waals surface area contributed by atoms with Gasteiger partial charge in [0.05, 0.1) is 5.25 Å². The molecule has 2 N–H and O–H groups in total. The van der Waals surface area contributed by atoms with Crippen LogP contribution >= 0.6 is 23.4 Å². The summed E-state index contributed by atoms with van der Waals surface area (Å²) >= 11 is 7.20. The first-order chi connectivity index (χ1) is 9.97. The molecule has 1 atom stereocenters. The molecule has 0 fully saturated rings. The fourth-order valence-corrected chi connectivity index (χ4v) is 2.57. The van der Waals surface area contributed by atoms with Gasteiger partial charge in [0.25, 0.3) is 5.56 Å². The van der Waals surface area contributed by atoms with Crippen molar-refractivity contribution in [2.45, 2.75) is 24.3 Å².